The van der Waals surface area contributed by atoms with E-state index in [0.717, 1.165) is 5.56 Å². The van der Waals surface area contributed by atoms with Gasteiger partial charge in [-0.1, -0.05) is 17.7 Å². The van der Waals surface area contributed by atoms with Gasteiger partial charge in [0.2, 0.25) is 5.89 Å². The molecule has 0 fully saturated rings. The molecule has 8 heteroatoms. The van der Waals surface area contributed by atoms with Gasteiger partial charge in [0.1, 0.15) is 11.0 Å². The molecule has 0 aliphatic heterocycles. The Bertz CT molecular complexity index is 1230. The van der Waals surface area contributed by atoms with Gasteiger partial charge in [0.05, 0.1) is 0 Å². The molecule has 3 aromatic heterocycles. The third kappa shape index (κ3) is 2.00. The van der Waals surface area contributed by atoms with E-state index in [1.807, 2.05) is 31.2 Å². The van der Waals surface area contributed by atoms with Crippen molar-refractivity contribution in [3.63, 3.8) is 0 Å². The van der Waals surface area contributed by atoms with Gasteiger partial charge in [-0.05, 0) is 19.1 Å². The molecule has 0 spiro atoms. The molecule has 0 saturated carbocycles. The molecule has 0 atom stereocenters. The Labute approximate surface area is 126 Å². The van der Waals surface area contributed by atoms with Crippen molar-refractivity contribution in [2.45, 2.75) is 6.92 Å². The summed E-state index contributed by atoms with van der Waals surface area (Å²) in [6.45, 7) is 1.95. The van der Waals surface area contributed by atoms with Crippen LogP contribution in [-0.2, 0) is 0 Å². The van der Waals surface area contributed by atoms with Crippen LogP contribution in [-0.4, -0.2) is 19.9 Å². The van der Waals surface area contributed by atoms with Crippen molar-refractivity contribution < 1.29 is 4.42 Å². The number of benzene rings is 1. The summed E-state index contributed by atoms with van der Waals surface area (Å²) in [5.41, 5.74) is -0.115. The summed E-state index contributed by atoms with van der Waals surface area (Å²) in [5, 5.41) is 0.0464. The number of oxazole rings is 1. The first-order chi connectivity index (χ1) is 11.0. The van der Waals surface area contributed by atoms with Crippen molar-refractivity contribution in [1.82, 2.24) is 19.9 Å². The number of fused-ring (bicyclic) bond motifs is 3. The summed E-state index contributed by atoms with van der Waals surface area (Å²) in [6, 6.07) is 7.39. The first-order valence-corrected chi connectivity index (χ1v) is 6.79. The minimum Gasteiger partial charge on any atom is -0.435 e. The van der Waals surface area contributed by atoms with Crippen molar-refractivity contribution in [3.8, 4) is 11.5 Å². The molecular weight excluding hydrogens is 300 g/mol. The second-order valence-corrected chi connectivity index (χ2v) is 5.18. The number of nitrogens with zero attached hydrogens (tertiary/aromatic N) is 1. The van der Waals surface area contributed by atoms with Crippen LogP contribution in [0.3, 0.4) is 0 Å². The molecule has 4 rings (SSSR count). The van der Waals surface area contributed by atoms with Gasteiger partial charge in [0.15, 0.2) is 11.1 Å². The van der Waals surface area contributed by atoms with Crippen molar-refractivity contribution in [2.75, 3.05) is 0 Å². The molecule has 3 N–H and O–H groups in total. The molecule has 0 radical (unpaired) electrons. The third-order valence-corrected chi connectivity index (χ3v) is 3.55. The molecule has 0 saturated heterocycles. The lowest BCUT2D eigenvalue weighted by atomic mass is 10.1. The lowest BCUT2D eigenvalue weighted by molar-refractivity contribution is 0.622. The molecule has 23 heavy (non-hydrogen) atoms. The minimum absolute atomic E-state index is 0.00264. The number of H-pyrrole nitrogens is 3. The number of hydrogen-bond acceptors (Lipinski definition) is 5. The van der Waals surface area contributed by atoms with Crippen molar-refractivity contribution in [2.24, 2.45) is 0 Å². The normalized spacial score (nSPS) is 11.3. The zero-order valence-electron chi connectivity index (χ0n) is 11.9. The predicted molar refractivity (Wildman–Crippen MR) is 83.6 cm³/mol. The highest BCUT2D eigenvalue weighted by Gasteiger charge is 2.17. The number of rotatable bonds is 1. The molecular formula is C15H10N4O4. The molecule has 1 aromatic carbocycles. The monoisotopic (exact) mass is 310 g/mol. The maximum absolute atomic E-state index is 12.1. The van der Waals surface area contributed by atoms with Crippen molar-refractivity contribution in [1.29, 1.82) is 0 Å². The standard InChI is InChI=1S/C15H10N4O4/c1-6-2-4-7(5-3-6)14-16-9-10(23-14)8-11(17-13(9)21)18-15(22)19-12(8)20/h2-5H,1H3,(H3,17,18,19,20,21,22). The summed E-state index contributed by atoms with van der Waals surface area (Å²) < 4.78 is 5.64. The maximum Gasteiger partial charge on any atom is 0.327 e. The van der Waals surface area contributed by atoms with Gasteiger partial charge in [0, 0.05) is 5.56 Å². The highest BCUT2D eigenvalue weighted by Crippen LogP contribution is 2.25. The molecule has 114 valence electrons. The van der Waals surface area contributed by atoms with Crippen LogP contribution < -0.4 is 16.8 Å². The number of aromatic nitrogens is 4. The lowest BCUT2D eigenvalue weighted by Gasteiger charge is -1.96. The number of pyridine rings is 1. The Morgan fingerprint density at radius 3 is 2.43 bits per heavy atom. The van der Waals surface area contributed by atoms with Crippen LogP contribution in [0.15, 0.2) is 43.1 Å². The molecule has 0 bridgehead atoms. The average molecular weight is 310 g/mol. The maximum atomic E-state index is 12.1. The second kappa shape index (κ2) is 4.54. The van der Waals surface area contributed by atoms with E-state index < -0.39 is 16.8 Å². The number of aromatic amines is 3. The molecule has 0 aliphatic carbocycles. The molecule has 4 aromatic rings. The fourth-order valence-corrected chi connectivity index (χ4v) is 2.43. The Hall–Kier alpha value is -3.42. The average Bonchev–Trinajstić information content (AvgIpc) is 2.92. The van der Waals surface area contributed by atoms with Crippen molar-refractivity contribution in [3.05, 3.63) is 61.0 Å². The van der Waals surface area contributed by atoms with Crippen LogP contribution in [0.25, 0.3) is 33.6 Å². The first kappa shape index (κ1) is 13.3. The van der Waals surface area contributed by atoms with Gasteiger partial charge in [-0.15, -0.1) is 0 Å². The van der Waals surface area contributed by atoms with Crippen LogP contribution >= 0.6 is 0 Å². The van der Waals surface area contributed by atoms with E-state index >= 15 is 0 Å². The first-order valence-electron chi connectivity index (χ1n) is 6.79. The van der Waals surface area contributed by atoms with Crippen LogP contribution in [0.2, 0.25) is 0 Å². The fraction of sp³-hybridized carbons (Fsp3) is 0.0667. The summed E-state index contributed by atoms with van der Waals surface area (Å²) >= 11 is 0. The number of aryl methyl sites for hydroxylation is 1. The number of nitrogens with one attached hydrogen (secondary N) is 3. The van der Waals surface area contributed by atoms with Gasteiger partial charge in [-0.2, -0.15) is 0 Å². The molecule has 3 heterocycles. The van der Waals surface area contributed by atoms with E-state index in [9.17, 15) is 14.4 Å². The van der Waals surface area contributed by atoms with Gasteiger partial charge < -0.3 is 9.40 Å². The van der Waals surface area contributed by atoms with E-state index in [1.54, 1.807) is 0 Å². The smallest absolute Gasteiger partial charge is 0.327 e. The predicted octanol–water partition coefficient (Wildman–Crippen LogP) is 1.02. The second-order valence-electron chi connectivity index (χ2n) is 5.18. The van der Waals surface area contributed by atoms with E-state index in [1.165, 1.54) is 0 Å². The fourth-order valence-electron chi connectivity index (χ4n) is 2.43. The Morgan fingerprint density at radius 1 is 0.957 bits per heavy atom. The van der Waals surface area contributed by atoms with E-state index in [0.29, 0.717) is 5.56 Å². The van der Waals surface area contributed by atoms with E-state index in [2.05, 4.69) is 19.9 Å². The molecule has 0 aliphatic rings. The zero-order valence-corrected chi connectivity index (χ0v) is 11.9. The van der Waals surface area contributed by atoms with Crippen molar-refractivity contribution >= 4 is 22.1 Å². The lowest BCUT2D eigenvalue weighted by Crippen LogP contribution is -2.24. The minimum atomic E-state index is -0.712. The van der Waals surface area contributed by atoms with Gasteiger partial charge >= 0.3 is 5.69 Å². The summed E-state index contributed by atoms with van der Waals surface area (Å²) in [4.78, 5) is 46.5. The van der Waals surface area contributed by atoms with Crippen LogP contribution in [0.4, 0.5) is 0 Å². The van der Waals surface area contributed by atoms with E-state index in [-0.39, 0.29) is 28.0 Å². The Morgan fingerprint density at radius 2 is 1.70 bits per heavy atom. The molecule has 0 amide bonds. The SMILES string of the molecule is Cc1ccc(-c2nc3c(=O)[nH]c4[nH]c(=O)[nH]c(=O)c4c3o2)cc1. The molecule has 8 nitrogen and oxygen atoms in total. The third-order valence-electron chi connectivity index (χ3n) is 3.55. The largest absolute Gasteiger partial charge is 0.435 e. The topological polar surface area (TPSA) is 125 Å². The summed E-state index contributed by atoms with van der Waals surface area (Å²) in [5.74, 6) is 0.226. The van der Waals surface area contributed by atoms with Crippen LogP contribution in [0.1, 0.15) is 5.56 Å². The van der Waals surface area contributed by atoms with Gasteiger partial charge in [-0.3, -0.25) is 19.6 Å². The Balaban J connectivity index is 2.12. The molecule has 0 unspecified atom stereocenters. The summed E-state index contributed by atoms with van der Waals surface area (Å²) in [7, 11) is 0. The van der Waals surface area contributed by atoms with Gasteiger partial charge in [0.25, 0.3) is 11.1 Å². The number of hydrogen-bond donors (Lipinski definition) is 3. The van der Waals surface area contributed by atoms with E-state index in [4.69, 9.17) is 4.42 Å². The quantitative estimate of drug-likeness (QED) is 0.484. The highest BCUT2D eigenvalue weighted by molar-refractivity contribution is 5.98. The van der Waals surface area contributed by atoms with Crippen LogP contribution in [0.5, 0.6) is 0 Å². The zero-order chi connectivity index (χ0) is 16.1. The highest BCUT2D eigenvalue weighted by atomic mass is 16.3. The van der Waals surface area contributed by atoms with Gasteiger partial charge in [-0.25, -0.2) is 9.78 Å². The Kier molecular flexibility index (Phi) is 2.61. The summed E-state index contributed by atoms with van der Waals surface area (Å²) in [6.07, 6.45) is 0. The van der Waals surface area contributed by atoms with Crippen LogP contribution in [0, 0.1) is 6.92 Å².